The van der Waals surface area contributed by atoms with E-state index in [1.165, 1.54) is 0 Å². The van der Waals surface area contributed by atoms with Gasteiger partial charge in [0.1, 0.15) is 0 Å². The lowest BCUT2D eigenvalue weighted by Gasteiger charge is -2.26. The fourth-order valence-corrected chi connectivity index (χ4v) is 2.49. The molecule has 2 aromatic rings. The van der Waals surface area contributed by atoms with Gasteiger partial charge in [0.2, 0.25) is 0 Å². The third-order valence-electron chi connectivity index (χ3n) is 3.79. The van der Waals surface area contributed by atoms with Crippen molar-refractivity contribution >= 4 is 5.91 Å². The minimum atomic E-state index is -0.186. The lowest BCUT2D eigenvalue weighted by molar-refractivity contribution is 0.0374. The molecule has 0 atom stereocenters. The molecule has 7 heteroatoms. The number of carbonyl (C=O) groups excluding carboxylic acids is 1. The molecule has 2 heterocycles. The average molecular weight is 315 g/mol. The molecule has 1 N–H and O–H groups in total. The molecule has 0 radical (unpaired) electrons. The van der Waals surface area contributed by atoms with Gasteiger partial charge in [-0.1, -0.05) is 23.4 Å². The van der Waals surface area contributed by atoms with Crippen molar-refractivity contribution in [3.05, 3.63) is 42.2 Å². The van der Waals surface area contributed by atoms with Crippen molar-refractivity contribution in [3.63, 3.8) is 0 Å². The summed E-state index contributed by atoms with van der Waals surface area (Å²) in [6.45, 7) is 5.15. The van der Waals surface area contributed by atoms with Gasteiger partial charge in [-0.15, -0.1) is 5.10 Å². The normalized spacial score (nSPS) is 15.5. The smallest absolute Gasteiger partial charge is 0.273 e. The Morgan fingerprint density at radius 3 is 2.78 bits per heavy atom. The van der Waals surface area contributed by atoms with Gasteiger partial charge in [-0.25, -0.2) is 4.68 Å². The molecule has 1 aromatic heterocycles. The van der Waals surface area contributed by atoms with Crippen LogP contribution in [0.4, 0.5) is 0 Å². The molecule has 3 rings (SSSR count). The molecule has 1 saturated heterocycles. The van der Waals surface area contributed by atoms with Crippen LogP contribution in [0.1, 0.15) is 16.9 Å². The van der Waals surface area contributed by atoms with Crippen LogP contribution < -0.4 is 5.32 Å². The highest BCUT2D eigenvalue weighted by Crippen LogP contribution is 2.05. The van der Waals surface area contributed by atoms with Gasteiger partial charge in [0, 0.05) is 19.6 Å². The Labute approximate surface area is 135 Å². The number of nitrogens with one attached hydrogen (secondary N) is 1. The van der Waals surface area contributed by atoms with Crippen molar-refractivity contribution in [2.24, 2.45) is 0 Å². The van der Waals surface area contributed by atoms with E-state index in [1.807, 2.05) is 30.3 Å². The third-order valence-corrected chi connectivity index (χ3v) is 3.79. The van der Waals surface area contributed by atoms with Crippen molar-refractivity contribution in [1.29, 1.82) is 0 Å². The topological polar surface area (TPSA) is 72.3 Å². The van der Waals surface area contributed by atoms with Crippen molar-refractivity contribution in [1.82, 2.24) is 25.2 Å². The summed E-state index contributed by atoms with van der Waals surface area (Å²) >= 11 is 0. The second-order valence-electron chi connectivity index (χ2n) is 5.45. The van der Waals surface area contributed by atoms with Crippen LogP contribution in [-0.4, -0.2) is 65.2 Å². The SMILES string of the molecule is O=C(NCCCN1CCOCC1)c1cn(-c2ccccc2)nn1. The minimum absolute atomic E-state index is 0.186. The van der Waals surface area contributed by atoms with Crippen molar-refractivity contribution < 1.29 is 9.53 Å². The van der Waals surface area contributed by atoms with Crippen molar-refractivity contribution in [2.45, 2.75) is 6.42 Å². The number of morpholine rings is 1. The van der Waals surface area contributed by atoms with Crippen LogP contribution in [0.15, 0.2) is 36.5 Å². The summed E-state index contributed by atoms with van der Waals surface area (Å²) < 4.78 is 6.91. The number of benzene rings is 1. The highest BCUT2D eigenvalue weighted by Gasteiger charge is 2.12. The van der Waals surface area contributed by atoms with Gasteiger partial charge < -0.3 is 10.1 Å². The molecule has 122 valence electrons. The van der Waals surface area contributed by atoms with Crippen LogP contribution >= 0.6 is 0 Å². The van der Waals surface area contributed by atoms with E-state index in [4.69, 9.17) is 4.74 Å². The van der Waals surface area contributed by atoms with E-state index in [0.717, 1.165) is 45.0 Å². The molecule has 0 aliphatic carbocycles. The maximum atomic E-state index is 12.1. The van der Waals surface area contributed by atoms with Crippen LogP contribution in [0, 0.1) is 0 Å². The number of hydrogen-bond acceptors (Lipinski definition) is 5. The van der Waals surface area contributed by atoms with Gasteiger partial charge in [-0.05, 0) is 25.1 Å². The molecule has 0 bridgehead atoms. The Balaban J connectivity index is 1.44. The van der Waals surface area contributed by atoms with Gasteiger partial charge in [-0.2, -0.15) is 0 Å². The predicted octanol–water partition coefficient (Wildman–Crippen LogP) is 0.719. The van der Waals surface area contributed by atoms with E-state index >= 15 is 0 Å². The number of aromatic nitrogens is 3. The van der Waals surface area contributed by atoms with Crippen molar-refractivity contribution in [2.75, 3.05) is 39.4 Å². The number of amides is 1. The van der Waals surface area contributed by atoms with E-state index in [2.05, 4.69) is 20.5 Å². The molecule has 1 aromatic carbocycles. The lowest BCUT2D eigenvalue weighted by Crippen LogP contribution is -2.38. The summed E-state index contributed by atoms with van der Waals surface area (Å²) in [4.78, 5) is 14.4. The standard InChI is InChI=1S/C16H21N5O2/c22-16(17-7-4-8-20-9-11-23-12-10-20)15-13-21(19-18-15)14-5-2-1-3-6-14/h1-3,5-6,13H,4,7-12H2,(H,17,22). The molecule has 1 aliphatic rings. The van der Waals surface area contributed by atoms with Gasteiger partial charge in [0.25, 0.3) is 5.91 Å². The zero-order chi connectivity index (χ0) is 15.9. The first-order valence-corrected chi connectivity index (χ1v) is 7.89. The minimum Gasteiger partial charge on any atom is -0.379 e. The Morgan fingerprint density at radius 1 is 1.22 bits per heavy atom. The summed E-state index contributed by atoms with van der Waals surface area (Å²) in [5.41, 5.74) is 1.21. The first-order chi connectivity index (χ1) is 11.3. The second-order valence-corrected chi connectivity index (χ2v) is 5.45. The van der Waals surface area contributed by atoms with E-state index < -0.39 is 0 Å². The Hall–Kier alpha value is -2.25. The monoisotopic (exact) mass is 315 g/mol. The Bertz CT molecular complexity index is 622. The first-order valence-electron chi connectivity index (χ1n) is 7.89. The van der Waals surface area contributed by atoms with Crippen LogP contribution in [0.5, 0.6) is 0 Å². The number of ether oxygens (including phenoxy) is 1. The summed E-state index contributed by atoms with van der Waals surface area (Å²) in [5.74, 6) is -0.186. The molecule has 7 nitrogen and oxygen atoms in total. The molecular weight excluding hydrogens is 294 g/mol. The summed E-state index contributed by atoms with van der Waals surface area (Å²) in [7, 11) is 0. The zero-order valence-electron chi connectivity index (χ0n) is 13.0. The Morgan fingerprint density at radius 2 is 2.00 bits per heavy atom. The number of para-hydroxylation sites is 1. The molecule has 1 aliphatic heterocycles. The molecule has 1 amide bonds. The lowest BCUT2D eigenvalue weighted by atomic mass is 10.3. The van der Waals surface area contributed by atoms with Crippen LogP contribution in [-0.2, 0) is 4.74 Å². The molecule has 23 heavy (non-hydrogen) atoms. The molecule has 0 saturated carbocycles. The predicted molar refractivity (Wildman–Crippen MR) is 85.6 cm³/mol. The highest BCUT2D eigenvalue weighted by atomic mass is 16.5. The maximum absolute atomic E-state index is 12.1. The van der Waals surface area contributed by atoms with Gasteiger partial charge in [0.05, 0.1) is 25.1 Å². The zero-order valence-corrected chi connectivity index (χ0v) is 13.0. The molecule has 0 unspecified atom stereocenters. The van der Waals surface area contributed by atoms with Crippen LogP contribution in [0.2, 0.25) is 0 Å². The fourth-order valence-electron chi connectivity index (χ4n) is 2.49. The summed E-state index contributed by atoms with van der Waals surface area (Å²) in [5, 5.41) is 10.8. The molecular formula is C16H21N5O2. The van der Waals surface area contributed by atoms with E-state index in [1.54, 1.807) is 10.9 Å². The summed E-state index contributed by atoms with van der Waals surface area (Å²) in [6.07, 6.45) is 2.56. The summed E-state index contributed by atoms with van der Waals surface area (Å²) in [6, 6.07) is 9.60. The number of hydrogen-bond donors (Lipinski definition) is 1. The first kappa shape index (κ1) is 15.6. The van der Waals surface area contributed by atoms with Gasteiger partial charge in [0.15, 0.2) is 5.69 Å². The Kier molecular flexibility index (Phi) is 5.33. The number of rotatable bonds is 6. The van der Waals surface area contributed by atoms with Gasteiger partial charge >= 0.3 is 0 Å². The number of carbonyl (C=O) groups is 1. The van der Waals surface area contributed by atoms with E-state index in [-0.39, 0.29) is 5.91 Å². The van der Waals surface area contributed by atoms with Crippen LogP contribution in [0.25, 0.3) is 5.69 Å². The second kappa shape index (κ2) is 7.85. The van der Waals surface area contributed by atoms with E-state index in [9.17, 15) is 4.79 Å². The number of nitrogens with zero attached hydrogens (tertiary/aromatic N) is 4. The maximum Gasteiger partial charge on any atom is 0.273 e. The average Bonchev–Trinajstić information content (AvgIpc) is 3.10. The molecule has 0 spiro atoms. The highest BCUT2D eigenvalue weighted by molar-refractivity contribution is 5.91. The largest absolute Gasteiger partial charge is 0.379 e. The quantitative estimate of drug-likeness (QED) is 0.795. The van der Waals surface area contributed by atoms with Gasteiger partial charge in [-0.3, -0.25) is 9.69 Å². The van der Waals surface area contributed by atoms with Crippen LogP contribution in [0.3, 0.4) is 0 Å². The third kappa shape index (κ3) is 4.37. The molecule has 1 fully saturated rings. The van der Waals surface area contributed by atoms with E-state index in [0.29, 0.717) is 12.2 Å². The fraction of sp³-hybridized carbons (Fsp3) is 0.438. The van der Waals surface area contributed by atoms with Crippen molar-refractivity contribution in [3.8, 4) is 5.69 Å².